The smallest absolute Gasteiger partial charge is 0.00449 e. The maximum absolute atomic E-state index is 5.80. The van der Waals surface area contributed by atoms with Crippen molar-refractivity contribution >= 4 is 0 Å². The van der Waals surface area contributed by atoms with Gasteiger partial charge in [0.25, 0.3) is 0 Å². The van der Waals surface area contributed by atoms with Crippen molar-refractivity contribution in [1.82, 2.24) is 4.90 Å². The summed E-state index contributed by atoms with van der Waals surface area (Å²) in [5.74, 6) is 0.977. The Morgan fingerprint density at radius 3 is 2.40 bits per heavy atom. The minimum absolute atomic E-state index is 0.277. The Hall–Kier alpha value is -0.0800. The number of rotatable bonds is 7. The summed E-state index contributed by atoms with van der Waals surface area (Å²) in [6, 6.07) is 0. The van der Waals surface area contributed by atoms with Crippen LogP contribution in [0.1, 0.15) is 46.5 Å². The Bertz CT molecular complexity index is 173. The third kappa shape index (κ3) is 4.52. The third-order valence-corrected chi connectivity index (χ3v) is 3.49. The standard InChI is InChI=1S/C13H28N2/c1-4-8-15(9-12-6-5-7-12)11-13(2,3)10-14/h12H,4-11,14H2,1-3H3. The fourth-order valence-corrected chi connectivity index (χ4v) is 2.26. The van der Waals surface area contributed by atoms with E-state index in [1.165, 1.54) is 38.8 Å². The highest BCUT2D eigenvalue weighted by Gasteiger charge is 2.24. The van der Waals surface area contributed by atoms with Crippen LogP contribution in [0.5, 0.6) is 0 Å². The van der Waals surface area contributed by atoms with Gasteiger partial charge in [-0.3, -0.25) is 0 Å². The van der Waals surface area contributed by atoms with Crippen LogP contribution < -0.4 is 5.73 Å². The van der Waals surface area contributed by atoms with Gasteiger partial charge in [0.15, 0.2) is 0 Å². The molecule has 1 fully saturated rings. The molecule has 90 valence electrons. The third-order valence-electron chi connectivity index (χ3n) is 3.49. The van der Waals surface area contributed by atoms with Crippen LogP contribution in [-0.2, 0) is 0 Å². The van der Waals surface area contributed by atoms with E-state index in [2.05, 4.69) is 25.7 Å². The zero-order chi connectivity index (χ0) is 11.3. The Labute approximate surface area is 95.2 Å². The van der Waals surface area contributed by atoms with Crippen molar-refractivity contribution in [2.45, 2.75) is 46.5 Å². The first-order valence-corrected chi connectivity index (χ1v) is 6.50. The second-order valence-corrected chi connectivity index (χ2v) is 5.90. The first-order chi connectivity index (χ1) is 7.07. The molecule has 0 aromatic heterocycles. The molecular formula is C13H28N2. The molecule has 0 radical (unpaired) electrons. The van der Waals surface area contributed by atoms with Gasteiger partial charge in [-0.1, -0.05) is 27.2 Å². The van der Waals surface area contributed by atoms with Crippen LogP contribution in [-0.4, -0.2) is 31.1 Å². The van der Waals surface area contributed by atoms with Crippen molar-refractivity contribution in [3.63, 3.8) is 0 Å². The molecule has 2 N–H and O–H groups in total. The average Bonchev–Trinajstić information content (AvgIpc) is 2.11. The van der Waals surface area contributed by atoms with Gasteiger partial charge in [-0.2, -0.15) is 0 Å². The first-order valence-electron chi connectivity index (χ1n) is 6.50. The molecule has 0 saturated heterocycles. The van der Waals surface area contributed by atoms with Crippen LogP contribution in [0.25, 0.3) is 0 Å². The Kier molecular flexibility index (Phi) is 5.07. The van der Waals surface area contributed by atoms with Gasteiger partial charge < -0.3 is 10.6 Å². The van der Waals surface area contributed by atoms with Gasteiger partial charge in [0, 0.05) is 13.1 Å². The normalized spacial score (nSPS) is 18.2. The number of hydrogen-bond donors (Lipinski definition) is 1. The molecule has 2 nitrogen and oxygen atoms in total. The van der Waals surface area contributed by atoms with Gasteiger partial charge in [-0.25, -0.2) is 0 Å². The highest BCUT2D eigenvalue weighted by Crippen LogP contribution is 2.28. The minimum atomic E-state index is 0.277. The Morgan fingerprint density at radius 2 is 2.00 bits per heavy atom. The molecular weight excluding hydrogens is 184 g/mol. The quantitative estimate of drug-likeness (QED) is 0.702. The fourth-order valence-electron chi connectivity index (χ4n) is 2.26. The number of nitrogens with two attached hydrogens (primary N) is 1. The van der Waals surface area contributed by atoms with E-state index in [4.69, 9.17) is 5.73 Å². The summed E-state index contributed by atoms with van der Waals surface area (Å²) in [5.41, 5.74) is 6.08. The molecule has 1 aliphatic rings. The molecule has 0 unspecified atom stereocenters. The highest BCUT2D eigenvalue weighted by molar-refractivity contribution is 4.79. The van der Waals surface area contributed by atoms with E-state index in [9.17, 15) is 0 Å². The molecule has 0 aromatic carbocycles. The van der Waals surface area contributed by atoms with Crippen molar-refractivity contribution in [2.75, 3.05) is 26.2 Å². The van der Waals surface area contributed by atoms with Crippen molar-refractivity contribution in [3.8, 4) is 0 Å². The molecule has 0 bridgehead atoms. The van der Waals surface area contributed by atoms with Crippen molar-refractivity contribution in [1.29, 1.82) is 0 Å². The molecule has 0 aromatic rings. The summed E-state index contributed by atoms with van der Waals surface area (Å²) in [4.78, 5) is 2.62. The second kappa shape index (κ2) is 5.86. The SMILES string of the molecule is CCCN(CC1CCC1)CC(C)(C)CN. The largest absolute Gasteiger partial charge is 0.330 e. The van der Waals surface area contributed by atoms with Crippen LogP contribution in [0.2, 0.25) is 0 Å². The summed E-state index contributed by atoms with van der Waals surface area (Å²) in [5, 5.41) is 0. The van der Waals surface area contributed by atoms with E-state index in [1.807, 2.05) is 0 Å². The first kappa shape index (κ1) is 13.0. The van der Waals surface area contributed by atoms with Crippen LogP contribution in [0.15, 0.2) is 0 Å². The molecule has 2 heteroatoms. The summed E-state index contributed by atoms with van der Waals surface area (Å²) in [7, 11) is 0. The molecule has 0 spiro atoms. The molecule has 0 amide bonds. The van der Waals surface area contributed by atoms with Crippen molar-refractivity contribution < 1.29 is 0 Å². The van der Waals surface area contributed by atoms with Crippen LogP contribution in [0.4, 0.5) is 0 Å². The summed E-state index contributed by atoms with van der Waals surface area (Å²) in [6.45, 7) is 11.3. The lowest BCUT2D eigenvalue weighted by atomic mass is 9.84. The topological polar surface area (TPSA) is 29.3 Å². The van der Waals surface area contributed by atoms with Crippen molar-refractivity contribution in [2.24, 2.45) is 17.1 Å². The van der Waals surface area contributed by atoms with Crippen LogP contribution >= 0.6 is 0 Å². The highest BCUT2D eigenvalue weighted by atomic mass is 15.1. The van der Waals surface area contributed by atoms with Gasteiger partial charge >= 0.3 is 0 Å². The lowest BCUT2D eigenvalue weighted by Crippen LogP contribution is -2.42. The van der Waals surface area contributed by atoms with Gasteiger partial charge in [0.2, 0.25) is 0 Å². The second-order valence-electron chi connectivity index (χ2n) is 5.90. The zero-order valence-corrected chi connectivity index (χ0v) is 10.8. The maximum atomic E-state index is 5.80. The average molecular weight is 212 g/mol. The number of hydrogen-bond acceptors (Lipinski definition) is 2. The van der Waals surface area contributed by atoms with Gasteiger partial charge in [0.1, 0.15) is 0 Å². The van der Waals surface area contributed by atoms with E-state index < -0.39 is 0 Å². The molecule has 1 rings (SSSR count). The van der Waals surface area contributed by atoms with Gasteiger partial charge in [-0.15, -0.1) is 0 Å². The van der Waals surface area contributed by atoms with E-state index in [-0.39, 0.29) is 5.41 Å². The molecule has 1 aliphatic carbocycles. The predicted octanol–water partition coefficient (Wildman–Crippen LogP) is 2.48. The number of nitrogens with zero attached hydrogens (tertiary/aromatic N) is 1. The summed E-state index contributed by atoms with van der Waals surface area (Å²) < 4.78 is 0. The van der Waals surface area contributed by atoms with E-state index in [1.54, 1.807) is 0 Å². The lowest BCUT2D eigenvalue weighted by molar-refractivity contribution is 0.131. The van der Waals surface area contributed by atoms with Crippen molar-refractivity contribution in [3.05, 3.63) is 0 Å². The molecule has 0 heterocycles. The minimum Gasteiger partial charge on any atom is -0.330 e. The van der Waals surface area contributed by atoms with E-state index in [0.29, 0.717) is 0 Å². The van der Waals surface area contributed by atoms with Gasteiger partial charge in [-0.05, 0) is 43.7 Å². The van der Waals surface area contributed by atoms with E-state index in [0.717, 1.165) is 19.0 Å². The van der Waals surface area contributed by atoms with Crippen LogP contribution in [0, 0.1) is 11.3 Å². The Morgan fingerprint density at radius 1 is 1.33 bits per heavy atom. The predicted molar refractivity (Wildman–Crippen MR) is 66.9 cm³/mol. The summed E-state index contributed by atoms with van der Waals surface area (Å²) in [6.07, 6.45) is 5.60. The lowest BCUT2D eigenvalue weighted by Gasteiger charge is -2.36. The zero-order valence-electron chi connectivity index (χ0n) is 10.8. The van der Waals surface area contributed by atoms with Crippen LogP contribution in [0.3, 0.4) is 0 Å². The van der Waals surface area contributed by atoms with E-state index >= 15 is 0 Å². The molecule has 15 heavy (non-hydrogen) atoms. The molecule has 1 saturated carbocycles. The molecule has 0 atom stereocenters. The van der Waals surface area contributed by atoms with Gasteiger partial charge in [0.05, 0.1) is 0 Å². The summed E-state index contributed by atoms with van der Waals surface area (Å²) >= 11 is 0. The fraction of sp³-hybridized carbons (Fsp3) is 1.00. The Balaban J connectivity index is 2.34. The molecule has 0 aliphatic heterocycles. The maximum Gasteiger partial charge on any atom is 0.00449 e. The monoisotopic (exact) mass is 212 g/mol.